The first-order valence-corrected chi connectivity index (χ1v) is 10.9. The predicted octanol–water partition coefficient (Wildman–Crippen LogP) is 5.12. The number of hydrogen-bond donors (Lipinski definition) is 1. The number of fused-ring (bicyclic) bond motifs is 6. The third kappa shape index (κ3) is 2.34. The molecular formula is C25H26N4O3. The van der Waals surface area contributed by atoms with Crippen molar-refractivity contribution in [3.05, 3.63) is 69.0 Å². The summed E-state index contributed by atoms with van der Waals surface area (Å²) in [5, 5.41) is 14.4. The molecule has 164 valence electrons. The maximum Gasteiger partial charge on any atom is 0.292 e. The number of benzene rings is 2. The highest BCUT2D eigenvalue weighted by molar-refractivity contribution is 6.03. The zero-order valence-electron chi connectivity index (χ0n) is 18.9. The normalized spacial score (nSPS) is 25.0. The summed E-state index contributed by atoms with van der Waals surface area (Å²) in [4.78, 5) is 35.0. The summed E-state index contributed by atoms with van der Waals surface area (Å²) in [5.41, 5.74) is 3.87. The molecule has 32 heavy (non-hydrogen) atoms. The molecule has 1 fully saturated rings. The number of hydrogen-bond acceptors (Lipinski definition) is 5. The lowest BCUT2D eigenvalue weighted by Gasteiger charge is -2.39. The van der Waals surface area contributed by atoms with Gasteiger partial charge in [-0.25, -0.2) is 9.97 Å². The van der Waals surface area contributed by atoms with E-state index in [0.717, 1.165) is 34.3 Å². The Bertz CT molecular complexity index is 1330. The van der Waals surface area contributed by atoms with Crippen molar-refractivity contribution in [2.75, 3.05) is 5.32 Å². The zero-order chi connectivity index (χ0) is 23.1. The highest BCUT2D eigenvalue weighted by atomic mass is 16.6. The molecular weight excluding hydrogens is 404 g/mol. The van der Waals surface area contributed by atoms with Crippen LogP contribution in [0.2, 0.25) is 0 Å². The molecule has 2 bridgehead atoms. The van der Waals surface area contributed by atoms with E-state index in [9.17, 15) is 14.9 Å². The van der Waals surface area contributed by atoms with Crippen LogP contribution in [0.3, 0.4) is 0 Å². The predicted molar refractivity (Wildman–Crippen MR) is 123 cm³/mol. The van der Waals surface area contributed by atoms with Gasteiger partial charge in [0, 0.05) is 11.5 Å². The van der Waals surface area contributed by atoms with E-state index in [0.29, 0.717) is 12.1 Å². The third-order valence-corrected chi connectivity index (χ3v) is 8.39. The molecule has 3 aromatic rings. The number of nitro groups is 1. The summed E-state index contributed by atoms with van der Waals surface area (Å²) < 4.78 is 0. The molecule has 5 rings (SSSR count). The van der Waals surface area contributed by atoms with Gasteiger partial charge < -0.3 is 5.32 Å². The Kier molecular flexibility index (Phi) is 4.07. The molecule has 1 aromatic heterocycles. The van der Waals surface area contributed by atoms with E-state index in [1.54, 1.807) is 18.2 Å². The molecule has 1 saturated carbocycles. The van der Waals surface area contributed by atoms with E-state index in [-0.39, 0.29) is 22.7 Å². The Morgan fingerprint density at radius 3 is 2.22 bits per heavy atom. The van der Waals surface area contributed by atoms with Crippen LogP contribution in [0, 0.1) is 29.4 Å². The number of nitrogens with one attached hydrogen (secondary N) is 1. The van der Waals surface area contributed by atoms with Crippen LogP contribution in [0.15, 0.2) is 36.4 Å². The van der Waals surface area contributed by atoms with Gasteiger partial charge in [-0.1, -0.05) is 32.9 Å². The second kappa shape index (κ2) is 6.34. The summed E-state index contributed by atoms with van der Waals surface area (Å²) in [6.45, 7) is 10.5. The van der Waals surface area contributed by atoms with E-state index in [1.807, 2.05) is 13.0 Å². The number of nitro benzene ring substituents is 1. The molecule has 1 heterocycles. The van der Waals surface area contributed by atoms with Gasteiger partial charge in [0.15, 0.2) is 0 Å². The van der Waals surface area contributed by atoms with Crippen LogP contribution in [0.5, 0.6) is 0 Å². The van der Waals surface area contributed by atoms with Gasteiger partial charge in [-0.15, -0.1) is 0 Å². The number of carbonyl (C=O) groups is 1. The smallest absolute Gasteiger partial charge is 0.292 e. The van der Waals surface area contributed by atoms with Crippen LogP contribution in [0.4, 0.5) is 11.4 Å². The van der Waals surface area contributed by atoms with Gasteiger partial charge in [-0.05, 0) is 61.4 Å². The first kappa shape index (κ1) is 20.5. The van der Waals surface area contributed by atoms with Crippen molar-refractivity contribution in [2.45, 2.75) is 58.3 Å². The first-order valence-electron chi connectivity index (χ1n) is 10.9. The maximum absolute atomic E-state index is 13.9. The number of para-hydroxylation sites is 2. The van der Waals surface area contributed by atoms with Crippen molar-refractivity contribution in [2.24, 2.45) is 5.41 Å². The fourth-order valence-corrected chi connectivity index (χ4v) is 5.83. The lowest BCUT2D eigenvalue weighted by molar-refractivity contribution is -0.383. The maximum atomic E-state index is 13.9. The summed E-state index contributed by atoms with van der Waals surface area (Å²) in [6.07, 6.45) is 1.43. The monoisotopic (exact) mass is 430 g/mol. The Balaban J connectivity index is 1.71. The van der Waals surface area contributed by atoms with Gasteiger partial charge in [0.25, 0.3) is 5.69 Å². The first-order chi connectivity index (χ1) is 15.0. The van der Waals surface area contributed by atoms with Crippen molar-refractivity contribution >= 4 is 28.3 Å². The van der Waals surface area contributed by atoms with E-state index < -0.39 is 15.8 Å². The molecule has 0 aliphatic heterocycles. The summed E-state index contributed by atoms with van der Waals surface area (Å²) in [6, 6.07) is 10.3. The van der Waals surface area contributed by atoms with E-state index in [4.69, 9.17) is 9.97 Å². The lowest BCUT2D eigenvalue weighted by atomic mass is 9.63. The molecule has 2 aliphatic carbocycles. The lowest BCUT2D eigenvalue weighted by Crippen LogP contribution is -2.48. The second-order valence-electron chi connectivity index (χ2n) is 9.94. The number of nitrogens with zero attached hydrogens (tertiary/aromatic N) is 3. The zero-order valence-corrected chi connectivity index (χ0v) is 18.9. The number of amides is 1. The summed E-state index contributed by atoms with van der Waals surface area (Å²) >= 11 is 0. The SMILES string of the molecule is Cc1cc2nc3c(nc2cc1C)C1(C(=O)Nc2ccccc2[N+](=O)[O-])CCC3(C)C1(C)C. The van der Waals surface area contributed by atoms with Crippen molar-refractivity contribution in [1.82, 2.24) is 9.97 Å². The third-order valence-electron chi connectivity index (χ3n) is 8.39. The largest absolute Gasteiger partial charge is 0.320 e. The minimum atomic E-state index is -0.916. The molecule has 0 spiro atoms. The Hall–Kier alpha value is -3.35. The molecule has 1 N–H and O–H groups in total. The molecule has 0 radical (unpaired) electrons. The minimum Gasteiger partial charge on any atom is -0.320 e. The highest BCUT2D eigenvalue weighted by Crippen LogP contribution is 2.70. The van der Waals surface area contributed by atoms with Gasteiger partial charge in [-0.3, -0.25) is 14.9 Å². The van der Waals surface area contributed by atoms with E-state index >= 15 is 0 Å². The molecule has 1 amide bonds. The van der Waals surface area contributed by atoms with Gasteiger partial charge >= 0.3 is 0 Å². The van der Waals surface area contributed by atoms with Crippen LogP contribution in [-0.2, 0) is 15.6 Å². The van der Waals surface area contributed by atoms with E-state index in [2.05, 4.69) is 39.1 Å². The van der Waals surface area contributed by atoms with Gasteiger partial charge in [0.1, 0.15) is 5.69 Å². The quantitative estimate of drug-likeness (QED) is 0.459. The van der Waals surface area contributed by atoms with Gasteiger partial charge in [0.05, 0.1) is 32.8 Å². The van der Waals surface area contributed by atoms with Crippen LogP contribution < -0.4 is 5.32 Å². The molecule has 2 aromatic carbocycles. The Morgan fingerprint density at radius 2 is 1.59 bits per heavy atom. The van der Waals surface area contributed by atoms with Crippen LogP contribution in [-0.4, -0.2) is 20.8 Å². The molecule has 7 heteroatoms. The number of anilines is 1. The van der Waals surface area contributed by atoms with E-state index in [1.165, 1.54) is 6.07 Å². The Labute approximate surface area is 186 Å². The second-order valence-corrected chi connectivity index (χ2v) is 9.94. The number of carbonyl (C=O) groups excluding carboxylic acids is 1. The van der Waals surface area contributed by atoms with Gasteiger partial charge in [0.2, 0.25) is 5.91 Å². The minimum absolute atomic E-state index is 0.121. The average molecular weight is 431 g/mol. The molecule has 7 nitrogen and oxygen atoms in total. The van der Waals surface area contributed by atoms with Crippen molar-refractivity contribution < 1.29 is 9.72 Å². The molecule has 0 saturated heterocycles. The number of aromatic nitrogens is 2. The Morgan fingerprint density at radius 1 is 1.00 bits per heavy atom. The van der Waals surface area contributed by atoms with Crippen LogP contribution in [0.1, 0.15) is 56.1 Å². The topological polar surface area (TPSA) is 98.0 Å². The van der Waals surface area contributed by atoms with Crippen molar-refractivity contribution in [3.8, 4) is 0 Å². The van der Waals surface area contributed by atoms with Crippen LogP contribution >= 0.6 is 0 Å². The summed E-state index contributed by atoms with van der Waals surface area (Å²) in [5.74, 6) is -0.253. The molecule has 2 aliphatic rings. The number of rotatable bonds is 3. The molecule has 2 unspecified atom stereocenters. The fraction of sp³-hybridized carbons (Fsp3) is 0.400. The standard InChI is InChI=1S/C25H26N4O3/c1-14-12-17-18(13-15(14)2)27-21-20(26-17)24(5)10-11-25(21,23(24,3)4)22(30)28-16-8-6-7-9-19(16)29(31)32/h6-9,12-13H,10-11H2,1-5H3,(H,28,30). The van der Waals surface area contributed by atoms with Gasteiger partial charge in [-0.2, -0.15) is 0 Å². The van der Waals surface area contributed by atoms with Crippen LogP contribution in [0.25, 0.3) is 11.0 Å². The number of aryl methyl sites for hydroxylation is 2. The van der Waals surface area contributed by atoms with Crippen molar-refractivity contribution in [1.29, 1.82) is 0 Å². The fourth-order valence-electron chi connectivity index (χ4n) is 5.83. The average Bonchev–Trinajstić information content (AvgIpc) is 3.03. The van der Waals surface area contributed by atoms with Crippen molar-refractivity contribution in [3.63, 3.8) is 0 Å². The highest BCUT2D eigenvalue weighted by Gasteiger charge is 2.73. The summed E-state index contributed by atoms with van der Waals surface area (Å²) in [7, 11) is 0. The molecule has 2 atom stereocenters.